The molecule has 0 aliphatic carbocycles. The third kappa shape index (κ3) is 4.81. The molecule has 0 spiro atoms. The van der Waals surface area contributed by atoms with Gasteiger partial charge in [0, 0.05) is 23.2 Å². The summed E-state index contributed by atoms with van der Waals surface area (Å²) in [5, 5.41) is 8.82. The Morgan fingerprint density at radius 1 is 1.16 bits per heavy atom. The summed E-state index contributed by atoms with van der Waals surface area (Å²) in [6.45, 7) is 0.989. The number of aliphatic hydroxyl groups is 1. The molecule has 0 aromatic heterocycles. The van der Waals surface area contributed by atoms with Crippen LogP contribution in [0.15, 0.2) is 53.4 Å². The molecular weight excluding hydrogens is 340 g/mol. The van der Waals surface area contributed by atoms with E-state index in [1.165, 1.54) is 16.0 Å². The van der Waals surface area contributed by atoms with Gasteiger partial charge in [-0.25, -0.2) is 8.78 Å². The van der Waals surface area contributed by atoms with E-state index in [1.807, 2.05) is 25.1 Å². The van der Waals surface area contributed by atoms with Gasteiger partial charge in [0.05, 0.1) is 6.54 Å². The molecule has 0 bridgehead atoms. The Morgan fingerprint density at radius 3 is 2.64 bits per heavy atom. The summed E-state index contributed by atoms with van der Waals surface area (Å²) in [6.07, 6.45) is 0.760. The van der Waals surface area contributed by atoms with Gasteiger partial charge < -0.3 is 5.11 Å². The third-order valence-electron chi connectivity index (χ3n) is 4.60. The van der Waals surface area contributed by atoms with Gasteiger partial charge in [-0.3, -0.25) is 4.90 Å². The predicted molar refractivity (Wildman–Crippen MR) is 98.1 cm³/mol. The largest absolute Gasteiger partial charge is 0.390 e. The van der Waals surface area contributed by atoms with Crippen LogP contribution in [0, 0.1) is 0 Å². The number of halogens is 2. The van der Waals surface area contributed by atoms with Crippen LogP contribution in [0.3, 0.4) is 0 Å². The van der Waals surface area contributed by atoms with Crippen molar-refractivity contribution in [2.75, 3.05) is 13.2 Å². The van der Waals surface area contributed by atoms with E-state index in [1.54, 1.807) is 16.7 Å². The van der Waals surface area contributed by atoms with Crippen molar-refractivity contribution in [3.8, 4) is 0 Å². The molecule has 25 heavy (non-hydrogen) atoms. The van der Waals surface area contributed by atoms with Crippen molar-refractivity contribution >= 4 is 11.8 Å². The summed E-state index contributed by atoms with van der Waals surface area (Å²) < 4.78 is 27.0. The van der Waals surface area contributed by atoms with E-state index in [-0.39, 0.29) is 6.04 Å². The number of aliphatic hydroxyl groups excluding tert-OH is 1. The Kier molecular flexibility index (Phi) is 5.77. The van der Waals surface area contributed by atoms with Crippen LogP contribution in [-0.4, -0.2) is 35.1 Å². The van der Waals surface area contributed by atoms with Crippen molar-refractivity contribution in [1.82, 2.24) is 4.90 Å². The first-order chi connectivity index (χ1) is 12.0. The van der Waals surface area contributed by atoms with Crippen molar-refractivity contribution in [1.29, 1.82) is 0 Å². The monoisotopic (exact) mass is 363 g/mol. The average molecular weight is 363 g/mol. The lowest BCUT2D eigenvalue weighted by atomic mass is 9.94. The van der Waals surface area contributed by atoms with Gasteiger partial charge in [0.1, 0.15) is 6.61 Å². The summed E-state index contributed by atoms with van der Waals surface area (Å²) in [5.41, 5.74) is 3.64. The quantitative estimate of drug-likeness (QED) is 0.772. The number of alkyl halides is 2. The van der Waals surface area contributed by atoms with Gasteiger partial charge in [0.2, 0.25) is 0 Å². The summed E-state index contributed by atoms with van der Waals surface area (Å²) >= 11 is 1.80. The SMILES string of the molecule is C[C@@H]1Cc2cc(SCc3ccccc3)ccc2CN1CC(F)(F)CO. The third-order valence-corrected chi connectivity index (χ3v) is 5.67. The van der Waals surface area contributed by atoms with Crippen molar-refractivity contribution in [2.45, 2.75) is 42.5 Å². The van der Waals surface area contributed by atoms with E-state index >= 15 is 0 Å². The highest BCUT2D eigenvalue weighted by Gasteiger charge is 2.34. The minimum absolute atomic E-state index is 0.0410. The summed E-state index contributed by atoms with van der Waals surface area (Å²) in [6, 6.07) is 16.7. The molecule has 134 valence electrons. The number of hydrogen-bond donors (Lipinski definition) is 1. The number of rotatable bonds is 6. The van der Waals surface area contributed by atoms with Crippen LogP contribution in [0.25, 0.3) is 0 Å². The average Bonchev–Trinajstić information content (AvgIpc) is 2.61. The minimum atomic E-state index is -3.04. The first-order valence-corrected chi connectivity index (χ1v) is 9.47. The van der Waals surface area contributed by atoms with E-state index in [4.69, 9.17) is 5.11 Å². The Morgan fingerprint density at radius 2 is 1.92 bits per heavy atom. The fourth-order valence-corrected chi connectivity index (χ4v) is 4.07. The van der Waals surface area contributed by atoms with Crippen LogP contribution in [0.1, 0.15) is 23.6 Å². The standard InChI is InChI=1S/C20H23F2NOS/c1-15-9-18-10-19(25-12-16-5-3-2-4-6-16)8-7-17(18)11-23(15)13-20(21,22)14-24/h2-8,10,15,24H,9,11-14H2,1H3/t15-/m1/s1. The van der Waals surface area contributed by atoms with Crippen molar-refractivity contribution < 1.29 is 13.9 Å². The maximum atomic E-state index is 13.5. The van der Waals surface area contributed by atoms with Crippen molar-refractivity contribution in [3.05, 3.63) is 65.2 Å². The normalized spacial score (nSPS) is 18.2. The molecule has 1 aliphatic rings. The molecule has 2 aromatic rings. The molecule has 2 aromatic carbocycles. The van der Waals surface area contributed by atoms with Gasteiger partial charge in [-0.15, -0.1) is 11.8 Å². The molecule has 1 N–H and O–H groups in total. The van der Waals surface area contributed by atoms with Crippen molar-refractivity contribution in [3.63, 3.8) is 0 Å². The predicted octanol–water partition coefficient (Wildman–Crippen LogP) is 4.35. The molecule has 0 amide bonds. The lowest BCUT2D eigenvalue weighted by Gasteiger charge is -2.36. The molecule has 0 unspecified atom stereocenters. The topological polar surface area (TPSA) is 23.5 Å². The van der Waals surface area contributed by atoms with Gasteiger partial charge in [-0.05, 0) is 42.2 Å². The number of nitrogens with zero attached hydrogens (tertiary/aromatic N) is 1. The lowest BCUT2D eigenvalue weighted by molar-refractivity contribution is -0.0818. The molecule has 0 saturated carbocycles. The van der Waals surface area contributed by atoms with Crippen LogP contribution >= 0.6 is 11.8 Å². The van der Waals surface area contributed by atoms with Gasteiger partial charge in [-0.2, -0.15) is 0 Å². The Labute approximate surface area is 151 Å². The lowest BCUT2D eigenvalue weighted by Crippen LogP contribution is -2.46. The second-order valence-corrected chi connectivity index (χ2v) is 7.73. The second kappa shape index (κ2) is 7.85. The zero-order valence-electron chi connectivity index (χ0n) is 14.3. The zero-order valence-corrected chi connectivity index (χ0v) is 15.1. The smallest absolute Gasteiger partial charge is 0.283 e. The number of hydrogen-bond acceptors (Lipinski definition) is 3. The van der Waals surface area contributed by atoms with Crippen LogP contribution in [0.2, 0.25) is 0 Å². The molecule has 1 aliphatic heterocycles. The van der Waals surface area contributed by atoms with E-state index in [0.29, 0.717) is 6.54 Å². The molecule has 0 fully saturated rings. The Bertz CT molecular complexity index is 708. The Balaban J connectivity index is 1.67. The molecule has 0 saturated heterocycles. The molecule has 0 radical (unpaired) electrons. The van der Waals surface area contributed by atoms with E-state index in [9.17, 15) is 8.78 Å². The number of fused-ring (bicyclic) bond motifs is 1. The Hall–Kier alpha value is -1.43. The van der Waals surface area contributed by atoms with E-state index in [2.05, 4.69) is 30.3 Å². The van der Waals surface area contributed by atoms with Gasteiger partial charge in [0.25, 0.3) is 5.92 Å². The molecule has 1 atom stereocenters. The molecule has 2 nitrogen and oxygen atoms in total. The van der Waals surface area contributed by atoms with E-state index in [0.717, 1.165) is 17.7 Å². The number of benzene rings is 2. The summed E-state index contributed by atoms with van der Waals surface area (Å²) in [7, 11) is 0. The zero-order chi connectivity index (χ0) is 17.9. The maximum absolute atomic E-state index is 13.5. The molecule has 1 heterocycles. The summed E-state index contributed by atoms with van der Waals surface area (Å²) in [4.78, 5) is 2.97. The van der Waals surface area contributed by atoms with Crippen LogP contribution in [0.4, 0.5) is 8.78 Å². The van der Waals surface area contributed by atoms with Gasteiger partial charge >= 0.3 is 0 Å². The minimum Gasteiger partial charge on any atom is -0.390 e. The van der Waals surface area contributed by atoms with Crippen molar-refractivity contribution in [2.24, 2.45) is 0 Å². The maximum Gasteiger partial charge on any atom is 0.283 e. The van der Waals surface area contributed by atoms with E-state index < -0.39 is 19.1 Å². The first-order valence-electron chi connectivity index (χ1n) is 8.48. The molecule has 5 heteroatoms. The summed E-state index contributed by atoms with van der Waals surface area (Å²) in [5.74, 6) is -2.12. The van der Waals surface area contributed by atoms with Gasteiger partial charge in [-0.1, -0.05) is 36.4 Å². The number of thioether (sulfide) groups is 1. The highest BCUT2D eigenvalue weighted by Crippen LogP contribution is 2.31. The first kappa shape index (κ1) is 18.4. The van der Waals surface area contributed by atoms with Crippen LogP contribution in [-0.2, 0) is 18.7 Å². The van der Waals surface area contributed by atoms with Gasteiger partial charge in [0.15, 0.2) is 0 Å². The van der Waals surface area contributed by atoms with Crippen LogP contribution in [0.5, 0.6) is 0 Å². The highest BCUT2D eigenvalue weighted by molar-refractivity contribution is 7.98. The second-order valence-electron chi connectivity index (χ2n) is 6.68. The van der Waals surface area contributed by atoms with Crippen LogP contribution < -0.4 is 0 Å². The highest BCUT2D eigenvalue weighted by atomic mass is 32.2. The molecule has 3 rings (SSSR count). The molecular formula is C20H23F2NOS. The fourth-order valence-electron chi connectivity index (χ4n) is 3.16. The fraction of sp³-hybridized carbons (Fsp3) is 0.400.